The average Bonchev–Trinajstić information content (AvgIpc) is 2.37. The van der Waals surface area contributed by atoms with E-state index >= 15 is 0 Å². The molecular formula is C14H12N2O2. The van der Waals surface area contributed by atoms with Crippen molar-refractivity contribution in [3.05, 3.63) is 53.7 Å². The zero-order valence-electron chi connectivity index (χ0n) is 9.84. The summed E-state index contributed by atoms with van der Waals surface area (Å²) in [5.74, 6) is -1.05. The fourth-order valence-electron chi connectivity index (χ4n) is 1.77. The molecule has 0 fully saturated rings. The van der Waals surface area contributed by atoms with Gasteiger partial charge in [-0.05, 0) is 31.2 Å². The standard InChI is InChI=1S/C14H12N2O2/c1-2-4-11(15)9-5-3-6-12-10(9)7-8-13(16-12)14(17)18/h2-8,15H,1H3,(H,17,18)/b4-2-,15-11?. The van der Waals surface area contributed by atoms with Crippen LogP contribution in [0.4, 0.5) is 0 Å². The highest BCUT2D eigenvalue weighted by molar-refractivity contribution is 6.14. The normalized spacial score (nSPS) is 10.9. The lowest BCUT2D eigenvalue weighted by Gasteiger charge is -2.05. The van der Waals surface area contributed by atoms with Crippen LogP contribution in [0.15, 0.2) is 42.5 Å². The molecule has 1 aromatic carbocycles. The van der Waals surface area contributed by atoms with Gasteiger partial charge in [0.25, 0.3) is 0 Å². The predicted octanol–water partition coefficient (Wildman–Crippen LogP) is 2.88. The van der Waals surface area contributed by atoms with E-state index in [1.807, 2.05) is 13.0 Å². The van der Waals surface area contributed by atoms with E-state index in [4.69, 9.17) is 10.5 Å². The number of carboxylic acids is 1. The van der Waals surface area contributed by atoms with Crippen LogP contribution in [-0.2, 0) is 0 Å². The Labute approximate surface area is 104 Å². The second kappa shape index (κ2) is 4.79. The number of benzene rings is 1. The van der Waals surface area contributed by atoms with Crippen molar-refractivity contribution in [3.63, 3.8) is 0 Å². The Balaban J connectivity index is 2.64. The maximum atomic E-state index is 10.8. The Hall–Kier alpha value is -2.49. The molecule has 1 heterocycles. The highest BCUT2D eigenvalue weighted by Crippen LogP contribution is 2.18. The monoisotopic (exact) mass is 240 g/mol. The Morgan fingerprint density at radius 3 is 2.78 bits per heavy atom. The third kappa shape index (κ3) is 2.13. The number of aromatic nitrogens is 1. The van der Waals surface area contributed by atoms with Gasteiger partial charge in [0.1, 0.15) is 5.69 Å². The molecule has 0 unspecified atom stereocenters. The Kier molecular flexibility index (Phi) is 3.19. The molecule has 0 radical (unpaired) electrons. The number of allylic oxidation sites excluding steroid dienone is 2. The number of nitrogens with zero attached hydrogens (tertiary/aromatic N) is 1. The molecule has 18 heavy (non-hydrogen) atoms. The molecule has 1 aromatic heterocycles. The van der Waals surface area contributed by atoms with Gasteiger partial charge in [-0.3, -0.25) is 0 Å². The molecule has 2 N–H and O–H groups in total. The van der Waals surface area contributed by atoms with Gasteiger partial charge in [-0.15, -0.1) is 0 Å². The van der Waals surface area contributed by atoms with E-state index in [0.29, 0.717) is 11.2 Å². The van der Waals surface area contributed by atoms with Crippen LogP contribution in [0.2, 0.25) is 0 Å². The fraction of sp³-hybridized carbons (Fsp3) is 0.0714. The number of pyridine rings is 1. The van der Waals surface area contributed by atoms with E-state index in [1.165, 1.54) is 6.07 Å². The minimum Gasteiger partial charge on any atom is -0.477 e. The fourth-order valence-corrected chi connectivity index (χ4v) is 1.77. The summed E-state index contributed by atoms with van der Waals surface area (Å²) in [6, 6.07) is 8.49. The van der Waals surface area contributed by atoms with Gasteiger partial charge in [-0.25, -0.2) is 9.78 Å². The first-order valence-electron chi connectivity index (χ1n) is 5.48. The molecule has 90 valence electrons. The van der Waals surface area contributed by atoms with Gasteiger partial charge in [-0.2, -0.15) is 0 Å². The first-order valence-corrected chi connectivity index (χ1v) is 5.48. The van der Waals surface area contributed by atoms with Gasteiger partial charge in [-0.1, -0.05) is 18.2 Å². The highest BCUT2D eigenvalue weighted by Gasteiger charge is 2.09. The SMILES string of the molecule is C/C=C\C(=N)c1cccc2nc(C(=O)O)ccc12. The lowest BCUT2D eigenvalue weighted by atomic mass is 10.0. The van der Waals surface area contributed by atoms with Crippen LogP contribution >= 0.6 is 0 Å². The van der Waals surface area contributed by atoms with Crippen LogP contribution in [-0.4, -0.2) is 21.8 Å². The summed E-state index contributed by atoms with van der Waals surface area (Å²) in [6.45, 7) is 1.85. The second-order valence-corrected chi connectivity index (χ2v) is 3.79. The van der Waals surface area contributed by atoms with Crippen LogP contribution in [0.5, 0.6) is 0 Å². The van der Waals surface area contributed by atoms with E-state index < -0.39 is 5.97 Å². The molecule has 0 aliphatic carbocycles. The molecule has 4 nitrogen and oxygen atoms in total. The number of rotatable bonds is 3. The number of carbonyl (C=O) groups is 1. The van der Waals surface area contributed by atoms with Gasteiger partial charge in [0, 0.05) is 10.9 Å². The lowest BCUT2D eigenvalue weighted by molar-refractivity contribution is 0.0691. The molecule has 0 aliphatic rings. The van der Waals surface area contributed by atoms with E-state index in [-0.39, 0.29) is 5.69 Å². The molecule has 2 rings (SSSR count). The molecule has 2 aromatic rings. The molecule has 4 heteroatoms. The lowest BCUT2D eigenvalue weighted by Crippen LogP contribution is -2.02. The molecule has 0 amide bonds. The van der Waals surface area contributed by atoms with E-state index in [9.17, 15) is 4.79 Å². The first kappa shape index (κ1) is 12.0. The summed E-state index contributed by atoms with van der Waals surface area (Å²) in [7, 11) is 0. The number of carboxylic acid groups (broad SMARTS) is 1. The maximum Gasteiger partial charge on any atom is 0.354 e. The summed E-state index contributed by atoms with van der Waals surface area (Å²) in [6.07, 6.45) is 3.49. The molecule has 0 saturated carbocycles. The van der Waals surface area contributed by atoms with Crippen molar-refractivity contribution >= 4 is 22.6 Å². The number of hydrogen-bond donors (Lipinski definition) is 2. The summed E-state index contributed by atoms with van der Waals surface area (Å²) in [5, 5.41) is 17.6. The quantitative estimate of drug-likeness (QED) is 0.810. The van der Waals surface area contributed by atoms with Gasteiger partial charge >= 0.3 is 5.97 Å². The summed E-state index contributed by atoms with van der Waals surface area (Å²) in [4.78, 5) is 14.9. The molecule has 0 aliphatic heterocycles. The van der Waals surface area contributed by atoms with Crippen molar-refractivity contribution in [2.75, 3.05) is 0 Å². The van der Waals surface area contributed by atoms with Crippen LogP contribution in [0.3, 0.4) is 0 Å². The summed E-state index contributed by atoms with van der Waals surface area (Å²) >= 11 is 0. The molecule has 0 saturated heterocycles. The van der Waals surface area contributed by atoms with E-state index in [1.54, 1.807) is 30.4 Å². The van der Waals surface area contributed by atoms with Gasteiger partial charge in [0.05, 0.1) is 11.2 Å². The molecule has 0 atom stereocenters. The van der Waals surface area contributed by atoms with Crippen molar-refractivity contribution < 1.29 is 9.90 Å². The van der Waals surface area contributed by atoms with Crippen molar-refractivity contribution in [2.45, 2.75) is 6.92 Å². The zero-order chi connectivity index (χ0) is 13.1. The number of fused-ring (bicyclic) bond motifs is 1. The van der Waals surface area contributed by atoms with E-state index in [0.717, 1.165) is 10.9 Å². The highest BCUT2D eigenvalue weighted by atomic mass is 16.4. The van der Waals surface area contributed by atoms with Crippen LogP contribution in [0.25, 0.3) is 10.9 Å². The Bertz CT molecular complexity index is 660. The van der Waals surface area contributed by atoms with Crippen molar-refractivity contribution in [1.82, 2.24) is 4.98 Å². The minimum atomic E-state index is -1.05. The van der Waals surface area contributed by atoms with Crippen molar-refractivity contribution in [3.8, 4) is 0 Å². The summed E-state index contributed by atoms with van der Waals surface area (Å²) < 4.78 is 0. The predicted molar refractivity (Wildman–Crippen MR) is 70.3 cm³/mol. The third-order valence-corrected chi connectivity index (χ3v) is 2.57. The van der Waals surface area contributed by atoms with E-state index in [2.05, 4.69) is 4.98 Å². The minimum absolute atomic E-state index is 0.0113. The summed E-state index contributed by atoms with van der Waals surface area (Å²) in [5.41, 5.74) is 1.72. The topological polar surface area (TPSA) is 74.0 Å². The third-order valence-electron chi connectivity index (χ3n) is 2.57. The Morgan fingerprint density at radius 1 is 1.33 bits per heavy atom. The smallest absolute Gasteiger partial charge is 0.354 e. The van der Waals surface area contributed by atoms with Gasteiger partial charge in [0.15, 0.2) is 0 Å². The number of hydrogen-bond acceptors (Lipinski definition) is 3. The average molecular weight is 240 g/mol. The van der Waals surface area contributed by atoms with Crippen molar-refractivity contribution in [2.24, 2.45) is 0 Å². The van der Waals surface area contributed by atoms with Crippen LogP contribution in [0, 0.1) is 5.41 Å². The molecular weight excluding hydrogens is 228 g/mol. The second-order valence-electron chi connectivity index (χ2n) is 3.79. The van der Waals surface area contributed by atoms with Crippen LogP contribution in [0.1, 0.15) is 23.0 Å². The van der Waals surface area contributed by atoms with Crippen LogP contribution < -0.4 is 0 Å². The zero-order valence-corrected chi connectivity index (χ0v) is 9.84. The first-order chi connectivity index (χ1) is 8.63. The number of aromatic carboxylic acids is 1. The Morgan fingerprint density at radius 2 is 2.11 bits per heavy atom. The maximum absolute atomic E-state index is 10.8. The molecule has 0 spiro atoms. The largest absolute Gasteiger partial charge is 0.477 e. The van der Waals surface area contributed by atoms with Gasteiger partial charge in [0.2, 0.25) is 0 Å². The van der Waals surface area contributed by atoms with Gasteiger partial charge < -0.3 is 10.5 Å². The van der Waals surface area contributed by atoms with Crippen molar-refractivity contribution in [1.29, 1.82) is 5.41 Å². The molecule has 0 bridgehead atoms. The number of nitrogens with one attached hydrogen (secondary N) is 1.